The van der Waals surface area contributed by atoms with Crippen molar-refractivity contribution >= 4 is 29.1 Å². The van der Waals surface area contributed by atoms with Crippen molar-refractivity contribution < 1.29 is 14.3 Å². The standard InChI is InChI=1S/C17H25ClN2O3/c1-6-12(3)19-17(22)7-8-20(13(4)21)15-9-11(2)14(18)10-16(15)23-5/h9-10,12H,6-8H2,1-5H3,(H,19,22). The number of carbonyl (C=O) groups is 2. The van der Waals surface area contributed by atoms with Gasteiger partial charge >= 0.3 is 0 Å². The summed E-state index contributed by atoms with van der Waals surface area (Å²) in [7, 11) is 1.53. The van der Waals surface area contributed by atoms with Crippen molar-refractivity contribution in [2.45, 2.75) is 46.6 Å². The number of hydrogen-bond donors (Lipinski definition) is 1. The molecule has 0 bridgehead atoms. The molecule has 0 aliphatic heterocycles. The second kappa shape index (κ2) is 8.77. The van der Waals surface area contributed by atoms with Crippen LogP contribution in [0.1, 0.15) is 39.2 Å². The van der Waals surface area contributed by atoms with Gasteiger partial charge in [-0.2, -0.15) is 0 Å². The number of hydrogen-bond acceptors (Lipinski definition) is 3. The van der Waals surface area contributed by atoms with Crippen LogP contribution in [0.5, 0.6) is 5.75 Å². The predicted molar refractivity (Wildman–Crippen MR) is 93.3 cm³/mol. The van der Waals surface area contributed by atoms with E-state index in [4.69, 9.17) is 16.3 Å². The van der Waals surface area contributed by atoms with Gasteiger partial charge in [0, 0.05) is 37.0 Å². The van der Waals surface area contributed by atoms with Crippen LogP contribution in [0.2, 0.25) is 5.02 Å². The van der Waals surface area contributed by atoms with Crippen LogP contribution in [0.3, 0.4) is 0 Å². The minimum Gasteiger partial charge on any atom is -0.495 e. The highest BCUT2D eigenvalue weighted by atomic mass is 35.5. The number of ether oxygens (including phenoxy) is 1. The Morgan fingerprint density at radius 3 is 2.57 bits per heavy atom. The van der Waals surface area contributed by atoms with E-state index in [1.54, 1.807) is 17.0 Å². The fraction of sp³-hybridized carbons (Fsp3) is 0.529. The average Bonchev–Trinajstić information content (AvgIpc) is 2.49. The van der Waals surface area contributed by atoms with Crippen LogP contribution in [0.4, 0.5) is 5.69 Å². The molecule has 0 saturated heterocycles. The Morgan fingerprint density at radius 1 is 1.39 bits per heavy atom. The number of carbonyl (C=O) groups excluding carboxylic acids is 2. The Hall–Kier alpha value is -1.75. The second-order valence-corrected chi connectivity index (χ2v) is 5.98. The molecule has 1 aromatic carbocycles. The molecule has 0 fully saturated rings. The Labute approximate surface area is 142 Å². The summed E-state index contributed by atoms with van der Waals surface area (Å²) in [5.74, 6) is 0.287. The zero-order valence-electron chi connectivity index (χ0n) is 14.4. The van der Waals surface area contributed by atoms with Gasteiger partial charge in [0.15, 0.2) is 0 Å². The normalized spacial score (nSPS) is 11.7. The number of anilines is 1. The minimum atomic E-state index is -0.152. The third-order valence-corrected chi connectivity index (χ3v) is 4.12. The summed E-state index contributed by atoms with van der Waals surface area (Å²) in [6.07, 6.45) is 1.10. The fourth-order valence-corrected chi connectivity index (χ4v) is 2.29. The molecular weight excluding hydrogens is 316 g/mol. The minimum absolute atomic E-state index is 0.0738. The number of benzene rings is 1. The maximum atomic E-state index is 12.0. The van der Waals surface area contributed by atoms with Crippen LogP contribution < -0.4 is 15.0 Å². The number of nitrogens with one attached hydrogen (secondary N) is 1. The van der Waals surface area contributed by atoms with Gasteiger partial charge in [-0.25, -0.2) is 0 Å². The van der Waals surface area contributed by atoms with Gasteiger partial charge in [-0.3, -0.25) is 9.59 Å². The predicted octanol–water partition coefficient (Wildman–Crippen LogP) is 3.31. The largest absolute Gasteiger partial charge is 0.495 e. The Bertz CT molecular complexity index is 575. The van der Waals surface area contributed by atoms with Crippen molar-refractivity contribution in [2.75, 3.05) is 18.6 Å². The number of amides is 2. The lowest BCUT2D eigenvalue weighted by Crippen LogP contribution is -2.37. The summed E-state index contributed by atoms with van der Waals surface area (Å²) in [4.78, 5) is 25.5. The highest BCUT2D eigenvalue weighted by Gasteiger charge is 2.19. The first kappa shape index (κ1) is 19.3. The lowest BCUT2D eigenvalue weighted by atomic mass is 10.1. The number of methoxy groups -OCH3 is 1. The van der Waals surface area contributed by atoms with Crippen LogP contribution >= 0.6 is 11.6 Å². The highest BCUT2D eigenvalue weighted by molar-refractivity contribution is 6.31. The summed E-state index contributed by atoms with van der Waals surface area (Å²) < 4.78 is 5.32. The molecule has 23 heavy (non-hydrogen) atoms. The summed E-state index contributed by atoms with van der Waals surface area (Å²) in [5.41, 5.74) is 1.47. The molecule has 6 heteroatoms. The Morgan fingerprint density at radius 2 is 2.04 bits per heavy atom. The SMILES string of the molecule is CCC(C)NC(=O)CCN(C(C)=O)c1cc(C)c(Cl)cc1OC. The van der Waals surface area contributed by atoms with E-state index in [1.165, 1.54) is 14.0 Å². The van der Waals surface area contributed by atoms with Gasteiger partial charge in [-0.15, -0.1) is 0 Å². The molecule has 1 rings (SSSR count). The first-order valence-electron chi connectivity index (χ1n) is 7.71. The zero-order valence-corrected chi connectivity index (χ0v) is 15.2. The third kappa shape index (κ3) is 5.43. The van der Waals surface area contributed by atoms with Crippen molar-refractivity contribution in [3.8, 4) is 5.75 Å². The molecule has 0 aliphatic rings. The second-order valence-electron chi connectivity index (χ2n) is 5.57. The van der Waals surface area contributed by atoms with Crippen LogP contribution in [0.15, 0.2) is 12.1 Å². The molecule has 0 spiro atoms. The van der Waals surface area contributed by atoms with Crippen molar-refractivity contribution in [2.24, 2.45) is 0 Å². The van der Waals surface area contributed by atoms with E-state index in [9.17, 15) is 9.59 Å². The van der Waals surface area contributed by atoms with Crippen molar-refractivity contribution in [1.82, 2.24) is 5.32 Å². The summed E-state index contributed by atoms with van der Waals surface area (Å²) in [5, 5.41) is 3.47. The first-order chi connectivity index (χ1) is 10.8. The van der Waals surface area contributed by atoms with Gasteiger partial charge in [0.05, 0.1) is 12.8 Å². The van der Waals surface area contributed by atoms with E-state index >= 15 is 0 Å². The lowest BCUT2D eigenvalue weighted by molar-refractivity contribution is -0.121. The Kier molecular flexibility index (Phi) is 7.36. The number of nitrogens with zero attached hydrogens (tertiary/aromatic N) is 1. The van der Waals surface area contributed by atoms with Crippen molar-refractivity contribution in [3.05, 3.63) is 22.7 Å². The maximum absolute atomic E-state index is 12.0. The van der Waals surface area contributed by atoms with E-state index in [1.807, 2.05) is 20.8 Å². The van der Waals surface area contributed by atoms with E-state index in [0.29, 0.717) is 16.5 Å². The van der Waals surface area contributed by atoms with E-state index < -0.39 is 0 Å². The van der Waals surface area contributed by atoms with Gasteiger partial charge in [-0.1, -0.05) is 18.5 Å². The monoisotopic (exact) mass is 340 g/mol. The summed E-state index contributed by atoms with van der Waals surface area (Å²) in [6.45, 7) is 7.57. The molecule has 0 aliphatic carbocycles. The van der Waals surface area contributed by atoms with E-state index in [2.05, 4.69) is 5.32 Å². The van der Waals surface area contributed by atoms with E-state index in [0.717, 1.165) is 12.0 Å². The van der Waals surface area contributed by atoms with E-state index in [-0.39, 0.29) is 30.8 Å². The maximum Gasteiger partial charge on any atom is 0.223 e. The molecular formula is C17H25ClN2O3. The number of rotatable bonds is 7. The van der Waals surface area contributed by atoms with Gasteiger partial charge < -0.3 is 15.0 Å². The third-order valence-electron chi connectivity index (χ3n) is 3.71. The van der Waals surface area contributed by atoms with Gasteiger partial charge in [0.25, 0.3) is 0 Å². The van der Waals surface area contributed by atoms with Crippen LogP contribution in [0.25, 0.3) is 0 Å². The topological polar surface area (TPSA) is 58.6 Å². The molecule has 1 aromatic rings. The summed E-state index contributed by atoms with van der Waals surface area (Å²) >= 11 is 6.10. The number of halogens is 1. The van der Waals surface area contributed by atoms with Crippen LogP contribution in [0, 0.1) is 6.92 Å². The molecule has 0 saturated carbocycles. The molecule has 0 heterocycles. The molecule has 1 unspecified atom stereocenters. The molecule has 0 radical (unpaired) electrons. The van der Waals surface area contributed by atoms with Crippen molar-refractivity contribution in [3.63, 3.8) is 0 Å². The smallest absolute Gasteiger partial charge is 0.223 e. The highest BCUT2D eigenvalue weighted by Crippen LogP contribution is 2.34. The fourth-order valence-electron chi connectivity index (χ4n) is 2.13. The molecule has 0 aromatic heterocycles. The molecule has 128 valence electrons. The van der Waals surface area contributed by atoms with Gasteiger partial charge in [0.2, 0.25) is 11.8 Å². The zero-order chi connectivity index (χ0) is 17.6. The first-order valence-corrected chi connectivity index (χ1v) is 8.09. The molecule has 2 amide bonds. The number of aryl methyl sites for hydroxylation is 1. The molecule has 1 atom stereocenters. The quantitative estimate of drug-likeness (QED) is 0.828. The molecule has 5 nitrogen and oxygen atoms in total. The van der Waals surface area contributed by atoms with Crippen LogP contribution in [-0.2, 0) is 9.59 Å². The molecule has 1 N–H and O–H groups in total. The van der Waals surface area contributed by atoms with Crippen LogP contribution in [-0.4, -0.2) is 31.5 Å². The Balaban J connectivity index is 2.93. The summed E-state index contributed by atoms with van der Waals surface area (Å²) in [6, 6.07) is 3.61. The average molecular weight is 341 g/mol. The van der Waals surface area contributed by atoms with Crippen molar-refractivity contribution in [1.29, 1.82) is 0 Å². The lowest BCUT2D eigenvalue weighted by Gasteiger charge is -2.24. The van der Waals surface area contributed by atoms with Gasteiger partial charge in [-0.05, 0) is 31.9 Å². The van der Waals surface area contributed by atoms with Gasteiger partial charge in [0.1, 0.15) is 5.75 Å².